The summed E-state index contributed by atoms with van der Waals surface area (Å²) in [5.41, 5.74) is 0.870. The highest BCUT2D eigenvalue weighted by Crippen LogP contribution is 2.34. The molecular formula is C20H32N2O4S2. The van der Waals surface area contributed by atoms with E-state index in [1.807, 2.05) is 0 Å². The molecule has 0 aromatic carbocycles. The summed E-state index contributed by atoms with van der Waals surface area (Å²) in [5.74, 6) is -0.980. The number of rotatable bonds is 11. The molecule has 0 fully saturated rings. The Morgan fingerprint density at radius 3 is 2.00 bits per heavy atom. The molecule has 0 amide bonds. The average molecular weight is 429 g/mol. The third kappa shape index (κ3) is 6.74. The van der Waals surface area contributed by atoms with Gasteiger partial charge in [0, 0.05) is 13.1 Å². The summed E-state index contributed by atoms with van der Waals surface area (Å²) in [5, 5.41) is 4.27. The largest absolute Gasteiger partial charge is 0.465 e. The fraction of sp³-hybridized carbons (Fsp3) is 0.650. The van der Waals surface area contributed by atoms with E-state index in [0.29, 0.717) is 26.1 Å². The predicted molar refractivity (Wildman–Crippen MR) is 119 cm³/mol. The molecule has 1 heterocycles. The van der Waals surface area contributed by atoms with Crippen LogP contribution in [0.4, 0.5) is 5.00 Å². The first-order valence-corrected chi connectivity index (χ1v) is 11.0. The number of ether oxygens (including phenoxy) is 2. The molecule has 6 nitrogen and oxygen atoms in total. The van der Waals surface area contributed by atoms with Gasteiger partial charge in [-0.05, 0) is 37.5 Å². The second kappa shape index (κ2) is 12.7. The van der Waals surface area contributed by atoms with Gasteiger partial charge in [-0.2, -0.15) is 0 Å². The molecule has 1 aromatic heterocycles. The molecule has 158 valence electrons. The molecule has 28 heavy (non-hydrogen) atoms. The topological polar surface area (TPSA) is 67.9 Å². The van der Waals surface area contributed by atoms with Gasteiger partial charge in [0.05, 0.1) is 19.8 Å². The Kier molecular flexibility index (Phi) is 11.1. The molecule has 0 aliphatic rings. The minimum Gasteiger partial charge on any atom is -0.465 e. The molecule has 0 aliphatic carbocycles. The van der Waals surface area contributed by atoms with E-state index < -0.39 is 11.9 Å². The lowest BCUT2D eigenvalue weighted by atomic mass is 10.1. The van der Waals surface area contributed by atoms with Crippen molar-refractivity contribution in [3.63, 3.8) is 0 Å². The van der Waals surface area contributed by atoms with Crippen LogP contribution in [0, 0.1) is 6.92 Å². The summed E-state index contributed by atoms with van der Waals surface area (Å²) in [6.07, 6.45) is 6.69. The zero-order chi connectivity index (χ0) is 21.1. The minimum atomic E-state index is -0.502. The Bertz CT molecular complexity index is 663. The fourth-order valence-electron chi connectivity index (χ4n) is 2.83. The first kappa shape index (κ1) is 24.4. The fourth-order valence-corrected chi connectivity index (χ4v) is 4.29. The van der Waals surface area contributed by atoms with Gasteiger partial charge >= 0.3 is 11.9 Å². The van der Waals surface area contributed by atoms with Gasteiger partial charge in [-0.25, -0.2) is 9.59 Å². The first-order chi connectivity index (χ1) is 13.4. The zero-order valence-corrected chi connectivity index (χ0v) is 19.2. The molecule has 1 N–H and O–H groups in total. The van der Waals surface area contributed by atoms with Gasteiger partial charge in [-0.1, -0.05) is 39.5 Å². The first-order valence-electron chi connectivity index (χ1n) is 9.77. The maximum Gasteiger partial charge on any atom is 0.348 e. The standard InChI is InChI=1S/C20H32N2O4S2/c1-6-8-10-12-22(13-11-9-7-2)20(27)21-17-15(18(23)25-4)14(3)16(28-17)19(24)26-5/h6-13H2,1-5H3,(H,21,27). The van der Waals surface area contributed by atoms with Gasteiger partial charge in [0.2, 0.25) is 0 Å². The summed E-state index contributed by atoms with van der Waals surface area (Å²) >= 11 is 6.80. The molecule has 0 aliphatic heterocycles. The Morgan fingerprint density at radius 2 is 1.54 bits per heavy atom. The van der Waals surface area contributed by atoms with Gasteiger partial charge in [-0.3, -0.25) is 0 Å². The Balaban J connectivity index is 3.07. The van der Waals surface area contributed by atoms with Gasteiger partial charge in [0.1, 0.15) is 9.88 Å². The minimum absolute atomic E-state index is 0.331. The monoisotopic (exact) mass is 428 g/mol. The van der Waals surface area contributed by atoms with E-state index >= 15 is 0 Å². The normalized spacial score (nSPS) is 10.5. The van der Waals surface area contributed by atoms with Gasteiger partial charge < -0.3 is 19.7 Å². The Morgan fingerprint density at radius 1 is 1.00 bits per heavy atom. The van der Waals surface area contributed by atoms with Crippen LogP contribution in [0.25, 0.3) is 0 Å². The van der Waals surface area contributed by atoms with E-state index in [4.69, 9.17) is 21.7 Å². The van der Waals surface area contributed by atoms with Crippen molar-refractivity contribution in [1.29, 1.82) is 0 Å². The molecule has 0 saturated heterocycles. The molecule has 0 bridgehead atoms. The highest BCUT2D eigenvalue weighted by atomic mass is 32.1. The van der Waals surface area contributed by atoms with Crippen LogP contribution in [0.15, 0.2) is 0 Å². The highest BCUT2D eigenvalue weighted by molar-refractivity contribution is 7.80. The second-order valence-corrected chi connectivity index (χ2v) is 7.98. The van der Waals surface area contributed by atoms with E-state index in [-0.39, 0.29) is 0 Å². The maximum atomic E-state index is 12.3. The van der Waals surface area contributed by atoms with Gasteiger partial charge in [0.15, 0.2) is 5.11 Å². The lowest BCUT2D eigenvalue weighted by Gasteiger charge is -2.26. The third-order valence-corrected chi connectivity index (χ3v) is 6.03. The van der Waals surface area contributed by atoms with Crippen LogP contribution < -0.4 is 5.32 Å². The second-order valence-electron chi connectivity index (χ2n) is 6.57. The number of anilines is 1. The molecule has 0 unspecified atom stereocenters. The number of unbranched alkanes of at least 4 members (excludes halogenated alkanes) is 4. The van der Waals surface area contributed by atoms with Crippen molar-refractivity contribution in [1.82, 2.24) is 4.90 Å². The Hall–Kier alpha value is -1.67. The summed E-state index contributed by atoms with van der Waals surface area (Å²) in [7, 11) is 2.64. The van der Waals surface area contributed by atoms with Crippen molar-refractivity contribution in [2.75, 3.05) is 32.6 Å². The average Bonchev–Trinajstić information content (AvgIpc) is 3.01. The van der Waals surface area contributed by atoms with E-state index in [0.717, 1.165) is 63.0 Å². The van der Waals surface area contributed by atoms with Crippen LogP contribution in [0.2, 0.25) is 0 Å². The molecular weight excluding hydrogens is 396 g/mol. The van der Waals surface area contributed by atoms with Crippen LogP contribution >= 0.6 is 23.6 Å². The quantitative estimate of drug-likeness (QED) is 0.302. The van der Waals surface area contributed by atoms with E-state index in [1.54, 1.807) is 6.92 Å². The van der Waals surface area contributed by atoms with E-state index in [2.05, 4.69) is 24.1 Å². The summed E-state index contributed by atoms with van der Waals surface area (Å²) in [6, 6.07) is 0. The number of nitrogens with one attached hydrogen (secondary N) is 1. The number of esters is 2. The van der Waals surface area contributed by atoms with Crippen LogP contribution in [0.5, 0.6) is 0 Å². The SMILES string of the molecule is CCCCCN(CCCCC)C(=S)Nc1sc(C(=O)OC)c(C)c1C(=O)OC. The summed E-state index contributed by atoms with van der Waals surface area (Å²) in [4.78, 5) is 26.9. The smallest absolute Gasteiger partial charge is 0.348 e. The van der Waals surface area contributed by atoms with E-state index in [1.165, 1.54) is 14.2 Å². The maximum absolute atomic E-state index is 12.3. The van der Waals surface area contributed by atoms with Crippen LogP contribution in [0.1, 0.15) is 78.0 Å². The third-order valence-electron chi connectivity index (χ3n) is 4.48. The molecule has 1 aromatic rings. The number of thiophene rings is 1. The Labute approximate surface area is 177 Å². The summed E-state index contributed by atoms with van der Waals surface area (Å²) < 4.78 is 9.73. The molecule has 1 rings (SSSR count). The van der Waals surface area contributed by atoms with Crippen LogP contribution in [0.3, 0.4) is 0 Å². The molecule has 0 spiro atoms. The number of nitrogens with zero attached hydrogens (tertiary/aromatic N) is 1. The van der Waals surface area contributed by atoms with Crippen LogP contribution in [-0.4, -0.2) is 49.3 Å². The van der Waals surface area contributed by atoms with Crippen molar-refractivity contribution >= 4 is 45.6 Å². The van der Waals surface area contributed by atoms with Crippen molar-refractivity contribution in [3.05, 3.63) is 16.0 Å². The molecule has 8 heteroatoms. The molecule has 0 saturated carbocycles. The van der Waals surface area contributed by atoms with Crippen molar-refractivity contribution < 1.29 is 19.1 Å². The van der Waals surface area contributed by atoms with Gasteiger partial charge in [-0.15, -0.1) is 11.3 Å². The number of methoxy groups -OCH3 is 2. The van der Waals surface area contributed by atoms with Crippen molar-refractivity contribution in [2.24, 2.45) is 0 Å². The van der Waals surface area contributed by atoms with Crippen molar-refractivity contribution in [2.45, 2.75) is 59.3 Å². The lowest BCUT2D eigenvalue weighted by molar-refractivity contribution is 0.0601. The van der Waals surface area contributed by atoms with Crippen LogP contribution in [-0.2, 0) is 9.47 Å². The number of hydrogen-bond donors (Lipinski definition) is 1. The summed E-state index contributed by atoms with van der Waals surface area (Å²) in [6.45, 7) is 7.78. The predicted octanol–water partition coefficient (Wildman–Crippen LogP) is 5.01. The zero-order valence-electron chi connectivity index (χ0n) is 17.6. The molecule has 0 atom stereocenters. The number of thiocarbonyl (C=S) groups is 1. The van der Waals surface area contributed by atoms with Gasteiger partial charge in [0.25, 0.3) is 0 Å². The highest BCUT2D eigenvalue weighted by Gasteiger charge is 2.26. The number of hydrogen-bond acceptors (Lipinski definition) is 6. The lowest BCUT2D eigenvalue weighted by Crippen LogP contribution is -2.36. The molecule has 0 radical (unpaired) electrons. The number of carbonyl (C=O) groups excluding carboxylic acids is 2. The van der Waals surface area contributed by atoms with Crippen molar-refractivity contribution in [3.8, 4) is 0 Å². The number of carbonyl (C=O) groups is 2. The van der Waals surface area contributed by atoms with E-state index in [9.17, 15) is 9.59 Å².